The lowest BCUT2D eigenvalue weighted by atomic mass is 10.4. The average molecular weight is 120 g/mol. The molecule has 1 rings (SSSR count). The maximum absolute atomic E-state index is 3.75. The first kappa shape index (κ1) is 5.95. The van der Waals surface area contributed by atoms with Crippen molar-refractivity contribution in [3.8, 4) is 0 Å². The molecule has 1 aliphatic rings. The first-order valence-corrected chi connectivity index (χ1v) is 2.72. The van der Waals surface area contributed by atoms with Crippen molar-refractivity contribution in [2.45, 2.75) is 6.42 Å². The molecule has 0 aromatic rings. The molecule has 0 saturated heterocycles. The van der Waals surface area contributed by atoms with Gasteiger partial charge in [0.1, 0.15) is 0 Å². The van der Waals surface area contributed by atoms with Crippen molar-refractivity contribution in [2.24, 2.45) is 9.98 Å². The number of nitrogens with zero attached hydrogens (tertiary/aromatic N) is 2. The van der Waals surface area contributed by atoms with E-state index in [-0.39, 0.29) is 0 Å². The summed E-state index contributed by atoms with van der Waals surface area (Å²) in [7, 11) is 0. The van der Waals surface area contributed by atoms with Crippen molar-refractivity contribution in [3.63, 3.8) is 0 Å². The van der Waals surface area contributed by atoms with Gasteiger partial charge in [0.25, 0.3) is 0 Å². The second kappa shape index (κ2) is 2.40. The van der Waals surface area contributed by atoms with E-state index in [1.54, 1.807) is 0 Å². The third kappa shape index (κ3) is 0.964. The Morgan fingerprint density at radius 3 is 1.89 bits per heavy atom. The molecule has 46 valence electrons. The third-order valence-corrected chi connectivity index (χ3v) is 1.23. The third-order valence-electron chi connectivity index (χ3n) is 1.23. The Kier molecular flexibility index (Phi) is 1.58. The fourth-order valence-electron chi connectivity index (χ4n) is 0.782. The number of allylic oxidation sites excluding steroid dienone is 2. The molecule has 0 saturated carbocycles. The summed E-state index contributed by atoms with van der Waals surface area (Å²) in [6.07, 6.45) is 4.84. The smallest absolute Gasteiger partial charge is 0.0838 e. The van der Waals surface area contributed by atoms with Gasteiger partial charge in [-0.05, 0) is 19.9 Å². The molecular weight excluding hydrogens is 112 g/mol. The topological polar surface area (TPSA) is 24.7 Å². The van der Waals surface area contributed by atoms with Crippen LogP contribution in [0.4, 0.5) is 0 Å². The Morgan fingerprint density at radius 1 is 1.11 bits per heavy atom. The minimum absolute atomic E-state index is 0.852. The van der Waals surface area contributed by atoms with Crippen molar-refractivity contribution in [2.75, 3.05) is 0 Å². The molecule has 0 unspecified atom stereocenters. The molecule has 0 amide bonds. The van der Waals surface area contributed by atoms with Crippen LogP contribution in [0.25, 0.3) is 0 Å². The second-order valence-corrected chi connectivity index (χ2v) is 1.73. The summed E-state index contributed by atoms with van der Waals surface area (Å²) in [4.78, 5) is 7.50. The molecule has 0 aromatic carbocycles. The molecule has 1 aliphatic carbocycles. The van der Waals surface area contributed by atoms with Crippen LogP contribution < -0.4 is 0 Å². The van der Waals surface area contributed by atoms with Gasteiger partial charge in [-0.3, -0.25) is 9.98 Å². The van der Waals surface area contributed by atoms with Gasteiger partial charge >= 0.3 is 0 Å². The fourth-order valence-corrected chi connectivity index (χ4v) is 0.782. The zero-order valence-corrected chi connectivity index (χ0v) is 5.17. The summed E-state index contributed by atoms with van der Waals surface area (Å²) in [5.41, 5.74) is 1.70. The number of aliphatic imine (C=N–C) groups is 2. The van der Waals surface area contributed by atoms with Crippen LogP contribution >= 0.6 is 0 Å². The van der Waals surface area contributed by atoms with Gasteiger partial charge in [-0.25, -0.2) is 0 Å². The van der Waals surface area contributed by atoms with E-state index in [1.807, 2.05) is 12.2 Å². The van der Waals surface area contributed by atoms with Crippen LogP contribution in [0.3, 0.4) is 0 Å². The molecule has 0 bridgehead atoms. The van der Waals surface area contributed by atoms with E-state index in [2.05, 4.69) is 23.4 Å². The average Bonchev–Trinajstić information content (AvgIpc) is 2.33. The monoisotopic (exact) mass is 120 g/mol. The summed E-state index contributed by atoms with van der Waals surface area (Å²) < 4.78 is 0. The molecule has 0 N–H and O–H groups in total. The largest absolute Gasteiger partial charge is 0.263 e. The Hall–Kier alpha value is -1.18. The van der Waals surface area contributed by atoms with Crippen LogP contribution in [0.2, 0.25) is 0 Å². The van der Waals surface area contributed by atoms with Gasteiger partial charge in [0.2, 0.25) is 0 Å². The fraction of sp³-hybridized carbons (Fsp3) is 0.143. The Labute approximate surface area is 54.3 Å². The lowest BCUT2D eigenvalue weighted by Gasteiger charge is -1.91. The molecule has 0 heterocycles. The van der Waals surface area contributed by atoms with Crippen molar-refractivity contribution in [1.82, 2.24) is 0 Å². The van der Waals surface area contributed by atoms with Crippen molar-refractivity contribution in [3.05, 3.63) is 23.5 Å². The number of rotatable bonds is 2. The highest BCUT2D eigenvalue weighted by Crippen LogP contribution is 2.19. The Bertz CT molecular complexity index is 177. The summed E-state index contributed by atoms with van der Waals surface area (Å²) in [6.45, 7) is 6.79. The zero-order chi connectivity index (χ0) is 6.69. The first-order valence-electron chi connectivity index (χ1n) is 2.72. The maximum atomic E-state index is 3.75. The molecule has 0 fully saturated rings. The predicted octanol–water partition coefficient (Wildman–Crippen LogP) is 1.56. The van der Waals surface area contributed by atoms with Gasteiger partial charge in [-0.2, -0.15) is 0 Å². The van der Waals surface area contributed by atoms with Gasteiger partial charge in [0.05, 0.1) is 11.4 Å². The van der Waals surface area contributed by atoms with E-state index in [1.165, 1.54) is 0 Å². The van der Waals surface area contributed by atoms with Crippen LogP contribution in [0.5, 0.6) is 0 Å². The van der Waals surface area contributed by atoms with Crippen LogP contribution in [0.1, 0.15) is 6.42 Å². The van der Waals surface area contributed by atoms with E-state index in [4.69, 9.17) is 0 Å². The van der Waals surface area contributed by atoms with E-state index in [0.717, 1.165) is 17.8 Å². The van der Waals surface area contributed by atoms with Gasteiger partial charge in [0, 0.05) is 0 Å². The first-order chi connectivity index (χ1) is 4.38. The van der Waals surface area contributed by atoms with Gasteiger partial charge in [-0.1, -0.05) is 12.2 Å². The Morgan fingerprint density at radius 2 is 1.56 bits per heavy atom. The van der Waals surface area contributed by atoms with E-state index in [9.17, 15) is 0 Å². The lowest BCUT2D eigenvalue weighted by molar-refractivity contribution is 1.29. The van der Waals surface area contributed by atoms with Crippen molar-refractivity contribution >= 4 is 13.4 Å². The molecule has 0 spiro atoms. The van der Waals surface area contributed by atoms with Crippen LogP contribution in [0, 0.1) is 0 Å². The quantitative estimate of drug-likeness (QED) is 0.494. The summed E-state index contributed by atoms with van der Waals surface area (Å²) in [5.74, 6) is 0. The molecule has 2 heteroatoms. The van der Waals surface area contributed by atoms with Gasteiger partial charge in [-0.15, -0.1) is 0 Å². The summed E-state index contributed by atoms with van der Waals surface area (Å²) in [5, 5.41) is 0. The highest BCUT2D eigenvalue weighted by atomic mass is 14.8. The molecule has 0 aromatic heterocycles. The maximum Gasteiger partial charge on any atom is 0.0838 e. The van der Waals surface area contributed by atoms with E-state index < -0.39 is 0 Å². The highest BCUT2D eigenvalue weighted by molar-refractivity contribution is 5.45. The molecule has 2 nitrogen and oxygen atoms in total. The number of hydrogen-bond donors (Lipinski definition) is 0. The molecule has 0 aliphatic heterocycles. The summed E-state index contributed by atoms with van der Waals surface area (Å²) >= 11 is 0. The van der Waals surface area contributed by atoms with Crippen molar-refractivity contribution < 1.29 is 0 Å². The van der Waals surface area contributed by atoms with Gasteiger partial charge < -0.3 is 0 Å². The SMILES string of the molecule is C=NC1=CCC=C1N=C. The van der Waals surface area contributed by atoms with Crippen LogP contribution in [-0.2, 0) is 0 Å². The molecule has 0 radical (unpaired) electrons. The normalized spacial score (nSPS) is 16.4. The molecule has 9 heavy (non-hydrogen) atoms. The summed E-state index contributed by atoms with van der Waals surface area (Å²) in [6, 6.07) is 0. The highest BCUT2D eigenvalue weighted by Gasteiger charge is 2.03. The van der Waals surface area contributed by atoms with E-state index in [0.29, 0.717) is 0 Å². The van der Waals surface area contributed by atoms with Crippen LogP contribution in [-0.4, -0.2) is 13.4 Å². The second-order valence-electron chi connectivity index (χ2n) is 1.73. The minimum atomic E-state index is 0.852. The van der Waals surface area contributed by atoms with Crippen LogP contribution in [0.15, 0.2) is 33.5 Å². The Balaban J connectivity index is 2.85. The van der Waals surface area contributed by atoms with Crippen molar-refractivity contribution in [1.29, 1.82) is 0 Å². The van der Waals surface area contributed by atoms with Gasteiger partial charge in [0.15, 0.2) is 0 Å². The minimum Gasteiger partial charge on any atom is -0.263 e. The van der Waals surface area contributed by atoms with E-state index >= 15 is 0 Å². The zero-order valence-electron chi connectivity index (χ0n) is 5.17. The molecule has 0 atom stereocenters. The number of hydrogen-bond acceptors (Lipinski definition) is 2. The standard InChI is InChI=1S/C7H8N2/c1-8-6-4-3-5-7(6)9-2/h4-5H,1-3H2. The lowest BCUT2D eigenvalue weighted by Crippen LogP contribution is -1.74. The molecular formula is C7H8N2. The predicted molar refractivity (Wildman–Crippen MR) is 39.9 cm³/mol.